The van der Waals surface area contributed by atoms with Crippen LogP contribution in [0.25, 0.3) is 11.1 Å². The Hall–Kier alpha value is -2.90. The number of fused-ring (bicyclic) bond motifs is 1. The van der Waals surface area contributed by atoms with E-state index in [1.165, 1.54) is 11.6 Å². The number of nitriles is 1. The van der Waals surface area contributed by atoms with Gasteiger partial charge in [-0.1, -0.05) is 48.0 Å². The molecule has 1 heterocycles. The van der Waals surface area contributed by atoms with E-state index in [-0.39, 0.29) is 27.9 Å². The molecule has 2 N–H and O–H groups in total. The Labute approximate surface area is 162 Å². The average Bonchev–Trinajstić information content (AvgIpc) is 2.68. The predicted molar refractivity (Wildman–Crippen MR) is 105 cm³/mol. The van der Waals surface area contributed by atoms with Gasteiger partial charge >= 0.3 is 0 Å². The number of benzene rings is 2. The van der Waals surface area contributed by atoms with Gasteiger partial charge in [0.2, 0.25) is 0 Å². The third-order valence-electron chi connectivity index (χ3n) is 5.19. The first-order valence-electron chi connectivity index (χ1n) is 8.80. The van der Waals surface area contributed by atoms with E-state index in [4.69, 9.17) is 17.3 Å². The third kappa shape index (κ3) is 3.05. The lowest BCUT2D eigenvalue weighted by Gasteiger charge is -2.28. The minimum absolute atomic E-state index is 0.128. The van der Waals surface area contributed by atoms with Gasteiger partial charge in [0.25, 0.3) is 0 Å². The quantitative estimate of drug-likeness (QED) is 0.661. The highest BCUT2D eigenvalue weighted by molar-refractivity contribution is 6.33. The lowest BCUT2D eigenvalue weighted by molar-refractivity contribution is 0.575. The molecule has 0 saturated heterocycles. The van der Waals surface area contributed by atoms with Crippen LogP contribution in [0.1, 0.15) is 34.7 Å². The van der Waals surface area contributed by atoms with Crippen LogP contribution in [0, 0.1) is 17.1 Å². The first-order valence-corrected chi connectivity index (χ1v) is 9.18. The van der Waals surface area contributed by atoms with Gasteiger partial charge in [0.05, 0.1) is 5.02 Å². The van der Waals surface area contributed by atoms with Crippen molar-refractivity contribution in [2.24, 2.45) is 0 Å². The second-order valence-electron chi connectivity index (χ2n) is 6.73. The number of hydrogen-bond acceptors (Lipinski definition) is 3. The molecule has 3 nitrogen and oxygen atoms in total. The number of aryl methyl sites for hydroxylation is 1. The number of rotatable bonds is 2. The lowest BCUT2D eigenvalue weighted by Crippen LogP contribution is -2.18. The van der Waals surface area contributed by atoms with Crippen LogP contribution in [-0.4, -0.2) is 4.98 Å². The summed E-state index contributed by atoms with van der Waals surface area (Å²) >= 11 is 6.33. The summed E-state index contributed by atoms with van der Waals surface area (Å²) in [6.07, 6.45) is 2.32. The van der Waals surface area contributed by atoms with Crippen LogP contribution < -0.4 is 5.73 Å². The van der Waals surface area contributed by atoms with Gasteiger partial charge in [-0.05, 0) is 48.4 Å². The normalized spacial score (nSPS) is 15.8. The van der Waals surface area contributed by atoms with Crippen molar-refractivity contribution in [3.63, 3.8) is 0 Å². The minimum atomic E-state index is -0.464. The van der Waals surface area contributed by atoms with Gasteiger partial charge in [0.15, 0.2) is 0 Å². The van der Waals surface area contributed by atoms with E-state index in [1.807, 2.05) is 18.2 Å². The monoisotopic (exact) mass is 377 g/mol. The van der Waals surface area contributed by atoms with Crippen molar-refractivity contribution >= 4 is 17.4 Å². The average molecular weight is 378 g/mol. The molecule has 0 aliphatic heterocycles. The number of pyridine rings is 1. The Balaban J connectivity index is 1.94. The molecule has 0 amide bonds. The number of aromatic nitrogens is 1. The molecule has 0 saturated carbocycles. The Kier molecular flexibility index (Phi) is 4.55. The maximum absolute atomic E-state index is 14.7. The molecule has 27 heavy (non-hydrogen) atoms. The molecule has 1 aromatic heterocycles. The van der Waals surface area contributed by atoms with Gasteiger partial charge in [0, 0.05) is 16.8 Å². The zero-order valence-corrected chi connectivity index (χ0v) is 15.3. The highest BCUT2D eigenvalue weighted by atomic mass is 35.5. The summed E-state index contributed by atoms with van der Waals surface area (Å²) in [4.78, 5) is 4.45. The van der Waals surface area contributed by atoms with E-state index in [9.17, 15) is 9.65 Å². The lowest BCUT2D eigenvalue weighted by atomic mass is 9.78. The standard InChI is InChI=1S/C22H17ClFN3/c23-17-7-4-8-18(24)21(17)20-15-11-14(13-5-2-1-3-6-13)9-10-19(15)27-22(26)16(20)12-25/h1-8,14H,9-11H2,(H2,26,27). The number of hydrogen-bond donors (Lipinski definition) is 1. The van der Waals surface area contributed by atoms with Crippen molar-refractivity contribution in [3.05, 3.63) is 81.8 Å². The van der Waals surface area contributed by atoms with E-state index in [1.54, 1.807) is 12.1 Å². The molecule has 1 aliphatic carbocycles. The maximum atomic E-state index is 14.7. The highest BCUT2D eigenvalue weighted by Gasteiger charge is 2.29. The van der Waals surface area contributed by atoms with Crippen LogP contribution in [0.3, 0.4) is 0 Å². The van der Waals surface area contributed by atoms with Crippen LogP contribution in [-0.2, 0) is 12.8 Å². The van der Waals surface area contributed by atoms with Crippen molar-refractivity contribution in [3.8, 4) is 17.2 Å². The fourth-order valence-electron chi connectivity index (χ4n) is 3.91. The Morgan fingerprint density at radius 3 is 2.59 bits per heavy atom. The Morgan fingerprint density at radius 1 is 1.11 bits per heavy atom. The summed E-state index contributed by atoms with van der Waals surface area (Å²) in [5, 5.41) is 9.96. The number of nitrogen functional groups attached to an aromatic ring is 1. The van der Waals surface area contributed by atoms with Crippen molar-refractivity contribution in [2.45, 2.75) is 25.2 Å². The Morgan fingerprint density at radius 2 is 1.89 bits per heavy atom. The molecule has 3 aromatic rings. The van der Waals surface area contributed by atoms with E-state index < -0.39 is 5.82 Å². The van der Waals surface area contributed by atoms with Gasteiger partial charge < -0.3 is 5.73 Å². The van der Waals surface area contributed by atoms with Crippen molar-refractivity contribution in [2.75, 3.05) is 5.73 Å². The molecular weight excluding hydrogens is 361 g/mol. The molecule has 1 atom stereocenters. The van der Waals surface area contributed by atoms with E-state index in [0.717, 1.165) is 24.1 Å². The zero-order chi connectivity index (χ0) is 19.0. The van der Waals surface area contributed by atoms with Gasteiger partial charge in [-0.25, -0.2) is 9.37 Å². The van der Waals surface area contributed by atoms with Gasteiger partial charge in [0.1, 0.15) is 23.3 Å². The summed E-state index contributed by atoms with van der Waals surface area (Å²) in [7, 11) is 0. The predicted octanol–water partition coefficient (Wildman–Crippen LogP) is 5.27. The first-order chi connectivity index (χ1) is 13.1. The molecule has 4 rings (SSSR count). The summed E-state index contributed by atoms with van der Waals surface area (Å²) in [5.41, 5.74) is 9.87. The SMILES string of the molecule is N#Cc1c(N)nc2c(c1-c1c(F)cccc1Cl)CC(c1ccccc1)CC2. The zero-order valence-electron chi connectivity index (χ0n) is 14.5. The third-order valence-corrected chi connectivity index (χ3v) is 5.50. The number of anilines is 1. The fraction of sp³-hybridized carbons (Fsp3) is 0.182. The minimum Gasteiger partial charge on any atom is -0.383 e. The molecule has 2 aromatic carbocycles. The molecular formula is C22H17ClFN3. The van der Waals surface area contributed by atoms with Crippen LogP contribution >= 0.6 is 11.6 Å². The number of halogens is 2. The topological polar surface area (TPSA) is 62.7 Å². The number of nitrogens with zero attached hydrogens (tertiary/aromatic N) is 2. The smallest absolute Gasteiger partial charge is 0.142 e. The maximum Gasteiger partial charge on any atom is 0.142 e. The first kappa shape index (κ1) is 17.5. The summed E-state index contributed by atoms with van der Waals surface area (Å²) in [6.45, 7) is 0. The van der Waals surface area contributed by atoms with Crippen LogP contribution in [0.2, 0.25) is 5.02 Å². The van der Waals surface area contributed by atoms with Crippen LogP contribution in [0.15, 0.2) is 48.5 Å². The fourth-order valence-corrected chi connectivity index (χ4v) is 4.17. The molecule has 0 spiro atoms. The number of nitrogens with two attached hydrogens (primary N) is 1. The highest BCUT2D eigenvalue weighted by Crippen LogP contribution is 2.43. The summed E-state index contributed by atoms with van der Waals surface area (Å²) in [5.74, 6) is -0.0580. The molecule has 134 valence electrons. The van der Waals surface area contributed by atoms with E-state index in [2.05, 4.69) is 23.2 Å². The van der Waals surface area contributed by atoms with E-state index in [0.29, 0.717) is 12.0 Å². The largest absolute Gasteiger partial charge is 0.383 e. The molecule has 0 bridgehead atoms. The van der Waals surface area contributed by atoms with Gasteiger partial charge in [-0.2, -0.15) is 5.26 Å². The summed E-state index contributed by atoms with van der Waals surface area (Å²) in [6, 6.07) is 16.9. The van der Waals surface area contributed by atoms with Crippen LogP contribution in [0.5, 0.6) is 0 Å². The summed E-state index contributed by atoms with van der Waals surface area (Å²) < 4.78 is 14.7. The van der Waals surface area contributed by atoms with Crippen molar-refractivity contribution in [1.82, 2.24) is 4.98 Å². The van der Waals surface area contributed by atoms with Gasteiger partial charge in [-0.15, -0.1) is 0 Å². The molecule has 0 radical (unpaired) electrons. The molecule has 0 fully saturated rings. The molecule has 1 unspecified atom stereocenters. The Bertz CT molecular complexity index is 1040. The second-order valence-corrected chi connectivity index (χ2v) is 7.14. The molecule has 1 aliphatic rings. The van der Waals surface area contributed by atoms with Crippen LogP contribution in [0.4, 0.5) is 10.2 Å². The van der Waals surface area contributed by atoms with Crippen molar-refractivity contribution in [1.29, 1.82) is 5.26 Å². The molecule has 5 heteroatoms. The second kappa shape index (κ2) is 7.02. The van der Waals surface area contributed by atoms with Gasteiger partial charge in [-0.3, -0.25) is 0 Å². The van der Waals surface area contributed by atoms with E-state index >= 15 is 0 Å². The van der Waals surface area contributed by atoms with Crippen molar-refractivity contribution < 1.29 is 4.39 Å².